The van der Waals surface area contributed by atoms with E-state index in [0.717, 1.165) is 30.6 Å². The molecule has 124 valence electrons. The lowest BCUT2D eigenvalue weighted by Gasteiger charge is -2.59. The van der Waals surface area contributed by atoms with Crippen molar-refractivity contribution >= 4 is 5.78 Å². The van der Waals surface area contributed by atoms with Gasteiger partial charge in [0.2, 0.25) is 0 Å². The highest BCUT2D eigenvalue weighted by molar-refractivity contribution is 5.86. The first-order valence-corrected chi connectivity index (χ1v) is 10.0. The Bertz CT molecular complexity index is 469. The van der Waals surface area contributed by atoms with Crippen LogP contribution in [0.3, 0.4) is 0 Å². The number of hydrogen-bond acceptors (Lipinski definition) is 1. The Morgan fingerprint density at radius 3 is 2.59 bits per heavy atom. The van der Waals surface area contributed by atoms with Crippen LogP contribution in [0.4, 0.5) is 0 Å². The van der Waals surface area contributed by atoms with Crippen LogP contribution in [0.2, 0.25) is 0 Å². The summed E-state index contributed by atoms with van der Waals surface area (Å²) in [6.45, 7) is 7.38. The molecule has 0 spiro atoms. The molecule has 0 heterocycles. The first-order valence-electron chi connectivity index (χ1n) is 10.0. The van der Waals surface area contributed by atoms with Crippen molar-refractivity contribution in [2.45, 2.75) is 85.0 Å². The van der Waals surface area contributed by atoms with E-state index in [2.05, 4.69) is 20.8 Å². The van der Waals surface area contributed by atoms with Gasteiger partial charge in [0.25, 0.3) is 0 Å². The summed E-state index contributed by atoms with van der Waals surface area (Å²) in [5, 5.41) is 0. The van der Waals surface area contributed by atoms with E-state index >= 15 is 0 Å². The second-order valence-electron chi connectivity index (χ2n) is 9.48. The third-order valence-corrected chi connectivity index (χ3v) is 9.15. The van der Waals surface area contributed by atoms with E-state index in [9.17, 15) is 4.79 Å². The minimum Gasteiger partial charge on any atom is -0.299 e. The molecule has 4 rings (SSSR count). The minimum atomic E-state index is 0.0484. The number of hydrogen-bond donors (Lipinski definition) is 0. The van der Waals surface area contributed by atoms with E-state index in [4.69, 9.17) is 0 Å². The number of carbonyl (C=O) groups excluding carboxylic acids is 1. The Morgan fingerprint density at radius 2 is 1.82 bits per heavy atom. The standard InChI is InChI=1S/C21H34O/c1-4-14-9-11-17-16-10-8-15-6-5-7-19(22)21(15,3)18(16)12-13-20(14,17)2/h14-18H,4-13H2,1-3H3/t14-,15-,16-,17-,18-,20+,21-/m0/s1. The molecular weight excluding hydrogens is 268 g/mol. The van der Waals surface area contributed by atoms with Gasteiger partial charge < -0.3 is 0 Å². The molecule has 4 aliphatic rings. The lowest BCUT2D eigenvalue weighted by atomic mass is 9.44. The topological polar surface area (TPSA) is 17.1 Å². The zero-order valence-electron chi connectivity index (χ0n) is 14.9. The maximum absolute atomic E-state index is 12.9. The first-order chi connectivity index (χ1) is 10.5. The third-order valence-electron chi connectivity index (χ3n) is 9.15. The second kappa shape index (κ2) is 5.08. The van der Waals surface area contributed by atoms with Crippen LogP contribution in [-0.4, -0.2) is 5.78 Å². The van der Waals surface area contributed by atoms with E-state index in [1.54, 1.807) is 0 Å². The van der Waals surface area contributed by atoms with Gasteiger partial charge in [0, 0.05) is 11.8 Å². The Hall–Kier alpha value is -0.330. The lowest BCUT2D eigenvalue weighted by Crippen LogP contribution is -2.56. The molecule has 0 bridgehead atoms. The second-order valence-corrected chi connectivity index (χ2v) is 9.48. The van der Waals surface area contributed by atoms with Crippen molar-refractivity contribution in [1.29, 1.82) is 0 Å². The van der Waals surface area contributed by atoms with Gasteiger partial charge in [-0.3, -0.25) is 4.79 Å². The summed E-state index contributed by atoms with van der Waals surface area (Å²) in [5.74, 6) is 4.79. The third kappa shape index (κ3) is 1.80. The van der Waals surface area contributed by atoms with Gasteiger partial charge in [-0.15, -0.1) is 0 Å². The molecular formula is C21H34O. The fourth-order valence-corrected chi connectivity index (χ4v) is 7.87. The van der Waals surface area contributed by atoms with Crippen LogP contribution < -0.4 is 0 Å². The van der Waals surface area contributed by atoms with Crippen LogP contribution in [0.5, 0.6) is 0 Å². The molecule has 0 amide bonds. The molecule has 0 aromatic heterocycles. The van der Waals surface area contributed by atoms with Crippen LogP contribution in [0.15, 0.2) is 0 Å². The predicted octanol–water partition coefficient (Wildman–Crippen LogP) is 5.62. The maximum Gasteiger partial charge on any atom is 0.139 e. The molecule has 7 atom stereocenters. The Morgan fingerprint density at radius 1 is 1.00 bits per heavy atom. The van der Waals surface area contributed by atoms with Crippen LogP contribution >= 0.6 is 0 Å². The molecule has 0 aromatic rings. The largest absolute Gasteiger partial charge is 0.299 e. The lowest BCUT2D eigenvalue weighted by molar-refractivity contribution is -0.155. The number of carbonyl (C=O) groups is 1. The van der Waals surface area contributed by atoms with Gasteiger partial charge in [0.1, 0.15) is 5.78 Å². The highest BCUT2D eigenvalue weighted by atomic mass is 16.1. The SMILES string of the molecule is CC[C@H]1CC[C@H]2[C@@H]3CC[C@@H]4CCCC(=O)[C@]4(C)[C@H]3CC[C@]12C. The fourth-order valence-electron chi connectivity index (χ4n) is 7.87. The molecule has 22 heavy (non-hydrogen) atoms. The van der Waals surface area contributed by atoms with Crippen molar-refractivity contribution in [3.63, 3.8) is 0 Å². The first kappa shape index (κ1) is 15.2. The van der Waals surface area contributed by atoms with Crippen LogP contribution in [0.1, 0.15) is 85.0 Å². The highest BCUT2D eigenvalue weighted by Crippen LogP contribution is 2.67. The molecule has 0 N–H and O–H groups in total. The van der Waals surface area contributed by atoms with Crippen LogP contribution in [0.25, 0.3) is 0 Å². The molecule has 0 aromatic carbocycles. The van der Waals surface area contributed by atoms with Crippen LogP contribution in [-0.2, 0) is 4.79 Å². The molecule has 0 radical (unpaired) electrons. The Labute approximate surface area is 136 Å². The average molecular weight is 303 g/mol. The molecule has 1 nitrogen and oxygen atoms in total. The summed E-state index contributed by atoms with van der Waals surface area (Å²) in [7, 11) is 0. The quantitative estimate of drug-likeness (QED) is 0.614. The molecule has 0 aliphatic heterocycles. The molecule has 0 saturated heterocycles. The van der Waals surface area contributed by atoms with E-state index in [1.165, 1.54) is 51.4 Å². The summed E-state index contributed by atoms with van der Waals surface area (Å²) in [6.07, 6.45) is 13.1. The van der Waals surface area contributed by atoms with Crippen LogP contribution in [0, 0.1) is 40.4 Å². The van der Waals surface area contributed by atoms with E-state index in [0.29, 0.717) is 23.0 Å². The van der Waals surface area contributed by atoms with Crippen molar-refractivity contribution in [1.82, 2.24) is 0 Å². The zero-order chi connectivity index (χ0) is 15.5. The van der Waals surface area contributed by atoms with Crippen molar-refractivity contribution in [3.8, 4) is 0 Å². The van der Waals surface area contributed by atoms with Gasteiger partial charge >= 0.3 is 0 Å². The number of fused-ring (bicyclic) bond motifs is 5. The Kier molecular flexibility index (Phi) is 3.51. The summed E-state index contributed by atoms with van der Waals surface area (Å²) in [6, 6.07) is 0. The Balaban J connectivity index is 1.66. The van der Waals surface area contributed by atoms with E-state index in [1.807, 2.05) is 0 Å². The van der Waals surface area contributed by atoms with Gasteiger partial charge in [0.05, 0.1) is 0 Å². The van der Waals surface area contributed by atoms with Crippen molar-refractivity contribution in [2.75, 3.05) is 0 Å². The summed E-state index contributed by atoms with van der Waals surface area (Å²) in [4.78, 5) is 12.9. The van der Waals surface area contributed by atoms with Gasteiger partial charge in [-0.05, 0) is 86.4 Å². The smallest absolute Gasteiger partial charge is 0.139 e. The molecule has 4 fully saturated rings. The highest BCUT2D eigenvalue weighted by Gasteiger charge is 2.61. The predicted molar refractivity (Wildman–Crippen MR) is 90.5 cm³/mol. The van der Waals surface area contributed by atoms with E-state index < -0.39 is 0 Å². The van der Waals surface area contributed by atoms with E-state index in [-0.39, 0.29) is 5.41 Å². The monoisotopic (exact) mass is 302 g/mol. The number of rotatable bonds is 1. The van der Waals surface area contributed by atoms with Crippen molar-refractivity contribution in [3.05, 3.63) is 0 Å². The molecule has 1 heteroatoms. The summed E-state index contributed by atoms with van der Waals surface area (Å²) >= 11 is 0. The van der Waals surface area contributed by atoms with Gasteiger partial charge in [-0.1, -0.05) is 27.2 Å². The van der Waals surface area contributed by atoms with Gasteiger partial charge in [-0.2, -0.15) is 0 Å². The summed E-state index contributed by atoms with van der Waals surface area (Å²) in [5.41, 5.74) is 0.642. The maximum atomic E-state index is 12.9. The number of ketones is 1. The number of Topliss-reactive ketones (excluding diaryl/α,β-unsaturated/α-hetero) is 1. The summed E-state index contributed by atoms with van der Waals surface area (Å²) < 4.78 is 0. The molecule has 4 saturated carbocycles. The fraction of sp³-hybridized carbons (Fsp3) is 0.952. The average Bonchev–Trinajstić information content (AvgIpc) is 2.85. The normalized spacial score (nSPS) is 54.5. The minimum absolute atomic E-state index is 0.0484. The van der Waals surface area contributed by atoms with Gasteiger partial charge in [0.15, 0.2) is 0 Å². The zero-order valence-corrected chi connectivity index (χ0v) is 14.9. The van der Waals surface area contributed by atoms with Crippen molar-refractivity contribution < 1.29 is 4.79 Å². The molecule has 4 aliphatic carbocycles. The van der Waals surface area contributed by atoms with Gasteiger partial charge in [-0.25, -0.2) is 0 Å². The molecule has 0 unspecified atom stereocenters. The van der Waals surface area contributed by atoms with Crippen molar-refractivity contribution in [2.24, 2.45) is 40.4 Å².